The SMILES string of the molecule is N#CC(CCl)CCc1cccs1. The van der Waals surface area contributed by atoms with Gasteiger partial charge in [0.1, 0.15) is 0 Å². The molecular formula is C9H10ClNS. The van der Waals surface area contributed by atoms with E-state index in [9.17, 15) is 0 Å². The quantitative estimate of drug-likeness (QED) is 0.684. The highest BCUT2D eigenvalue weighted by atomic mass is 35.5. The van der Waals surface area contributed by atoms with Crippen molar-refractivity contribution < 1.29 is 0 Å². The third kappa shape index (κ3) is 2.84. The molecule has 0 aliphatic carbocycles. The lowest BCUT2D eigenvalue weighted by molar-refractivity contribution is 0.671. The standard InChI is InChI=1S/C9H10ClNS/c10-6-8(7-11)3-4-9-2-1-5-12-9/h1-2,5,8H,3-4,6H2. The van der Waals surface area contributed by atoms with Gasteiger partial charge < -0.3 is 0 Å². The first kappa shape index (κ1) is 9.57. The first-order valence-electron chi connectivity index (χ1n) is 3.84. The van der Waals surface area contributed by atoms with Crippen LogP contribution in [0.3, 0.4) is 0 Å². The first-order valence-corrected chi connectivity index (χ1v) is 5.26. The predicted molar refractivity (Wildman–Crippen MR) is 52.5 cm³/mol. The second-order valence-electron chi connectivity index (χ2n) is 2.60. The molecule has 1 aromatic heterocycles. The van der Waals surface area contributed by atoms with Crippen LogP contribution in [0.1, 0.15) is 11.3 Å². The number of nitriles is 1. The van der Waals surface area contributed by atoms with Crippen molar-refractivity contribution in [3.8, 4) is 6.07 Å². The Hall–Kier alpha value is -0.520. The van der Waals surface area contributed by atoms with E-state index in [1.807, 2.05) is 6.07 Å². The van der Waals surface area contributed by atoms with Gasteiger partial charge in [0.05, 0.1) is 12.0 Å². The molecule has 12 heavy (non-hydrogen) atoms. The highest BCUT2D eigenvalue weighted by Crippen LogP contribution is 2.14. The molecule has 1 atom stereocenters. The second-order valence-corrected chi connectivity index (χ2v) is 3.94. The minimum absolute atomic E-state index is 0.00812. The Morgan fingerprint density at radius 2 is 2.50 bits per heavy atom. The van der Waals surface area contributed by atoms with Crippen LogP contribution in [-0.4, -0.2) is 5.88 Å². The second kappa shape index (κ2) is 5.18. The lowest BCUT2D eigenvalue weighted by Crippen LogP contribution is -1.99. The molecule has 64 valence electrons. The van der Waals surface area contributed by atoms with Gasteiger partial charge in [-0.15, -0.1) is 22.9 Å². The molecule has 0 bridgehead atoms. The van der Waals surface area contributed by atoms with Gasteiger partial charge in [0.2, 0.25) is 0 Å². The fourth-order valence-corrected chi connectivity index (χ4v) is 1.90. The van der Waals surface area contributed by atoms with E-state index in [-0.39, 0.29) is 5.92 Å². The van der Waals surface area contributed by atoms with E-state index >= 15 is 0 Å². The van der Waals surface area contributed by atoms with E-state index < -0.39 is 0 Å². The van der Waals surface area contributed by atoms with Gasteiger partial charge in [0.15, 0.2) is 0 Å². The molecule has 0 N–H and O–H groups in total. The minimum atomic E-state index is 0.00812. The molecule has 1 nitrogen and oxygen atoms in total. The topological polar surface area (TPSA) is 23.8 Å². The normalized spacial score (nSPS) is 12.3. The monoisotopic (exact) mass is 199 g/mol. The maximum atomic E-state index is 8.62. The van der Waals surface area contributed by atoms with Crippen molar-refractivity contribution >= 4 is 22.9 Å². The van der Waals surface area contributed by atoms with E-state index in [2.05, 4.69) is 17.5 Å². The summed E-state index contributed by atoms with van der Waals surface area (Å²) in [5.74, 6) is 0.454. The lowest BCUT2D eigenvalue weighted by atomic mass is 10.1. The van der Waals surface area contributed by atoms with Crippen LogP contribution in [-0.2, 0) is 6.42 Å². The molecule has 0 fully saturated rings. The molecule has 0 aliphatic rings. The summed E-state index contributed by atoms with van der Waals surface area (Å²) >= 11 is 7.32. The number of rotatable bonds is 4. The molecular weight excluding hydrogens is 190 g/mol. The maximum absolute atomic E-state index is 8.62. The molecule has 0 aromatic carbocycles. The molecule has 0 amide bonds. The van der Waals surface area contributed by atoms with Crippen LogP contribution >= 0.6 is 22.9 Å². The van der Waals surface area contributed by atoms with Gasteiger partial charge >= 0.3 is 0 Å². The molecule has 1 rings (SSSR count). The summed E-state index contributed by atoms with van der Waals surface area (Å²) in [6.07, 6.45) is 1.85. The summed E-state index contributed by atoms with van der Waals surface area (Å²) in [6, 6.07) is 6.31. The fraction of sp³-hybridized carbons (Fsp3) is 0.444. The molecule has 1 heterocycles. The zero-order valence-corrected chi connectivity index (χ0v) is 8.24. The number of aryl methyl sites for hydroxylation is 1. The Morgan fingerprint density at radius 3 is 3.00 bits per heavy atom. The van der Waals surface area contributed by atoms with Crippen LogP contribution in [0.5, 0.6) is 0 Å². The zero-order valence-electron chi connectivity index (χ0n) is 6.66. The number of halogens is 1. The molecule has 0 radical (unpaired) electrons. The fourth-order valence-electron chi connectivity index (χ4n) is 0.948. The van der Waals surface area contributed by atoms with Crippen molar-refractivity contribution in [3.05, 3.63) is 22.4 Å². The van der Waals surface area contributed by atoms with Gasteiger partial charge in [-0.25, -0.2) is 0 Å². The smallest absolute Gasteiger partial charge is 0.0668 e. The number of nitrogens with zero attached hydrogens (tertiary/aromatic N) is 1. The van der Waals surface area contributed by atoms with Crippen molar-refractivity contribution in [2.75, 3.05) is 5.88 Å². The Bertz CT molecular complexity index is 250. The molecule has 1 aromatic rings. The van der Waals surface area contributed by atoms with Gasteiger partial charge in [-0.1, -0.05) is 6.07 Å². The third-order valence-electron chi connectivity index (χ3n) is 1.69. The van der Waals surface area contributed by atoms with Crippen molar-refractivity contribution in [2.24, 2.45) is 5.92 Å². The summed E-state index contributed by atoms with van der Waals surface area (Å²) in [7, 11) is 0. The Kier molecular flexibility index (Phi) is 4.13. The number of hydrogen-bond donors (Lipinski definition) is 0. The highest BCUT2D eigenvalue weighted by molar-refractivity contribution is 7.09. The van der Waals surface area contributed by atoms with Gasteiger partial charge in [0.25, 0.3) is 0 Å². The number of hydrogen-bond acceptors (Lipinski definition) is 2. The van der Waals surface area contributed by atoms with E-state index in [0.29, 0.717) is 5.88 Å². The molecule has 0 saturated carbocycles. The Balaban J connectivity index is 2.31. The average Bonchev–Trinajstić information content (AvgIpc) is 2.59. The largest absolute Gasteiger partial charge is 0.198 e. The van der Waals surface area contributed by atoms with Crippen LogP contribution in [0.15, 0.2) is 17.5 Å². The van der Waals surface area contributed by atoms with E-state index in [0.717, 1.165) is 12.8 Å². The van der Waals surface area contributed by atoms with Gasteiger partial charge in [-0.3, -0.25) is 0 Å². The average molecular weight is 200 g/mol. The lowest BCUT2D eigenvalue weighted by Gasteiger charge is -2.01. The van der Waals surface area contributed by atoms with Crippen molar-refractivity contribution in [3.63, 3.8) is 0 Å². The minimum Gasteiger partial charge on any atom is -0.198 e. The highest BCUT2D eigenvalue weighted by Gasteiger charge is 2.05. The predicted octanol–water partition coefficient (Wildman–Crippen LogP) is 3.06. The number of thiophene rings is 1. The summed E-state index contributed by atoms with van der Waals surface area (Å²) in [6.45, 7) is 0. The van der Waals surface area contributed by atoms with Crippen LogP contribution in [0.2, 0.25) is 0 Å². The van der Waals surface area contributed by atoms with Crippen LogP contribution in [0.4, 0.5) is 0 Å². The van der Waals surface area contributed by atoms with E-state index in [1.54, 1.807) is 11.3 Å². The summed E-state index contributed by atoms with van der Waals surface area (Å²) in [4.78, 5) is 1.33. The molecule has 0 saturated heterocycles. The van der Waals surface area contributed by atoms with Crippen LogP contribution in [0, 0.1) is 17.2 Å². The van der Waals surface area contributed by atoms with Gasteiger partial charge in [-0.2, -0.15) is 5.26 Å². The maximum Gasteiger partial charge on any atom is 0.0668 e. The third-order valence-corrected chi connectivity index (χ3v) is 3.00. The summed E-state index contributed by atoms with van der Waals surface area (Å²) < 4.78 is 0. The molecule has 0 spiro atoms. The molecule has 1 unspecified atom stereocenters. The van der Waals surface area contributed by atoms with Crippen molar-refractivity contribution in [1.82, 2.24) is 0 Å². The van der Waals surface area contributed by atoms with Crippen molar-refractivity contribution in [2.45, 2.75) is 12.8 Å². The Morgan fingerprint density at radius 1 is 1.67 bits per heavy atom. The first-order chi connectivity index (χ1) is 5.86. The summed E-state index contributed by atoms with van der Waals surface area (Å²) in [5.41, 5.74) is 0. The number of alkyl halides is 1. The molecule has 0 aliphatic heterocycles. The van der Waals surface area contributed by atoms with E-state index in [4.69, 9.17) is 16.9 Å². The zero-order chi connectivity index (χ0) is 8.81. The van der Waals surface area contributed by atoms with Gasteiger partial charge in [-0.05, 0) is 24.3 Å². The van der Waals surface area contributed by atoms with Crippen LogP contribution < -0.4 is 0 Å². The van der Waals surface area contributed by atoms with Crippen LogP contribution in [0.25, 0.3) is 0 Å². The van der Waals surface area contributed by atoms with E-state index in [1.165, 1.54) is 4.88 Å². The Labute approximate surface area is 81.6 Å². The molecule has 3 heteroatoms. The van der Waals surface area contributed by atoms with Gasteiger partial charge in [0, 0.05) is 10.8 Å². The summed E-state index contributed by atoms with van der Waals surface area (Å²) in [5, 5.41) is 10.7. The van der Waals surface area contributed by atoms with Crippen molar-refractivity contribution in [1.29, 1.82) is 5.26 Å².